The predicted octanol–water partition coefficient (Wildman–Crippen LogP) is 2.64. The van der Waals surface area contributed by atoms with E-state index in [0.717, 1.165) is 24.6 Å². The normalized spacial score (nSPS) is 10.1. The van der Waals surface area contributed by atoms with Crippen molar-refractivity contribution in [2.45, 2.75) is 20.4 Å². The maximum absolute atomic E-state index is 11.8. The second kappa shape index (κ2) is 7.97. The van der Waals surface area contributed by atoms with Gasteiger partial charge in [-0.2, -0.15) is 0 Å². The van der Waals surface area contributed by atoms with Crippen LogP contribution in [0.15, 0.2) is 42.7 Å². The van der Waals surface area contributed by atoms with Gasteiger partial charge in [0.1, 0.15) is 5.82 Å². The van der Waals surface area contributed by atoms with E-state index in [1.54, 1.807) is 12.4 Å². The molecule has 0 aromatic carbocycles. The third-order valence-corrected chi connectivity index (χ3v) is 3.25. The summed E-state index contributed by atoms with van der Waals surface area (Å²) >= 11 is 0. The average molecular weight is 299 g/mol. The molecule has 6 nitrogen and oxygen atoms in total. The van der Waals surface area contributed by atoms with E-state index >= 15 is 0 Å². The van der Waals surface area contributed by atoms with Gasteiger partial charge in [-0.3, -0.25) is 4.98 Å². The van der Waals surface area contributed by atoms with Gasteiger partial charge in [-0.05, 0) is 38.1 Å². The van der Waals surface area contributed by atoms with Crippen LogP contribution in [-0.2, 0) is 6.54 Å². The Morgan fingerprint density at radius 2 is 1.95 bits per heavy atom. The maximum Gasteiger partial charge on any atom is 0.319 e. The van der Waals surface area contributed by atoms with E-state index in [2.05, 4.69) is 39.3 Å². The Labute approximate surface area is 130 Å². The van der Waals surface area contributed by atoms with E-state index < -0.39 is 0 Å². The second-order valence-corrected chi connectivity index (χ2v) is 4.71. The highest BCUT2D eigenvalue weighted by Gasteiger charge is 2.05. The minimum Gasteiger partial charge on any atom is -0.357 e. The lowest BCUT2D eigenvalue weighted by atomic mass is 10.3. The molecule has 2 aromatic heterocycles. The third kappa shape index (κ3) is 4.44. The number of amides is 2. The zero-order valence-corrected chi connectivity index (χ0v) is 12.9. The van der Waals surface area contributed by atoms with Gasteiger partial charge in [0, 0.05) is 19.3 Å². The van der Waals surface area contributed by atoms with Crippen molar-refractivity contribution in [3.8, 4) is 0 Å². The highest BCUT2D eigenvalue weighted by Crippen LogP contribution is 2.13. The minimum absolute atomic E-state index is 0.275. The number of carbonyl (C=O) groups excluding carboxylic acids is 1. The number of anilines is 2. The first-order valence-electron chi connectivity index (χ1n) is 7.38. The van der Waals surface area contributed by atoms with Gasteiger partial charge in [0.2, 0.25) is 0 Å². The number of nitrogens with one attached hydrogen (secondary N) is 2. The molecule has 22 heavy (non-hydrogen) atoms. The summed E-state index contributed by atoms with van der Waals surface area (Å²) in [7, 11) is 0. The van der Waals surface area contributed by atoms with E-state index in [1.807, 2.05) is 30.3 Å². The predicted molar refractivity (Wildman–Crippen MR) is 87.9 cm³/mol. The second-order valence-electron chi connectivity index (χ2n) is 4.71. The number of aromatic nitrogens is 2. The van der Waals surface area contributed by atoms with Crippen LogP contribution in [0.5, 0.6) is 0 Å². The summed E-state index contributed by atoms with van der Waals surface area (Å²) in [4.78, 5) is 22.5. The monoisotopic (exact) mass is 299 g/mol. The summed E-state index contributed by atoms with van der Waals surface area (Å²) in [6, 6.07) is 9.07. The lowest BCUT2D eigenvalue weighted by molar-refractivity contribution is 0.251. The fourth-order valence-electron chi connectivity index (χ4n) is 2.04. The van der Waals surface area contributed by atoms with E-state index in [1.165, 1.54) is 0 Å². The van der Waals surface area contributed by atoms with Crippen molar-refractivity contribution in [3.63, 3.8) is 0 Å². The fourth-order valence-corrected chi connectivity index (χ4v) is 2.04. The van der Waals surface area contributed by atoms with E-state index in [9.17, 15) is 4.79 Å². The van der Waals surface area contributed by atoms with E-state index in [0.29, 0.717) is 12.2 Å². The molecule has 0 saturated carbocycles. The van der Waals surface area contributed by atoms with Gasteiger partial charge >= 0.3 is 6.03 Å². The molecule has 0 radical (unpaired) electrons. The van der Waals surface area contributed by atoms with Crippen LogP contribution in [0.4, 0.5) is 16.3 Å². The molecular weight excluding hydrogens is 278 g/mol. The first kappa shape index (κ1) is 15.8. The molecular formula is C16H21N5O. The summed E-state index contributed by atoms with van der Waals surface area (Å²) in [5.74, 6) is 0.907. The first-order valence-corrected chi connectivity index (χ1v) is 7.38. The van der Waals surface area contributed by atoms with Crippen molar-refractivity contribution in [2.75, 3.05) is 23.3 Å². The van der Waals surface area contributed by atoms with Crippen molar-refractivity contribution in [1.82, 2.24) is 15.3 Å². The molecule has 2 N–H and O–H groups in total. The van der Waals surface area contributed by atoms with Gasteiger partial charge in [-0.15, -0.1) is 0 Å². The van der Waals surface area contributed by atoms with Gasteiger partial charge in [-0.25, -0.2) is 9.78 Å². The smallest absolute Gasteiger partial charge is 0.319 e. The van der Waals surface area contributed by atoms with Crippen molar-refractivity contribution >= 4 is 17.5 Å². The van der Waals surface area contributed by atoms with Crippen LogP contribution in [0.2, 0.25) is 0 Å². The van der Waals surface area contributed by atoms with Crippen LogP contribution in [0.1, 0.15) is 19.5 Å². The molecule has 2 aromatic rings. The van der Waals surface area contributed by atoms with Crippen LogP contribution in [0.25, 0.3) is 0 Å². The Bertz CT molecular complexity index is 581. The Morgan fingerprint density at radius 3 is 2.55 bits per heavy atom. The molecule has 0 aliphatic rings. The Morgan fingerprint density at radius 1 is 1.14 bits per heavy atom. The number of rotatable bonds is 6. The minimum atomic E-state index is -0.275. The number of carbonyl (C=O) groups is 1. The molecule has 116 valence electrons. The standard InChI is InChI=1S/C16H21N5O/c1-3-21(4-2)15-9-8-14(12-18-15)20-16(22)19-11-13-7-5-6-10-17-13/h5-10,12H,3-4,11H2,1-2H3,(H2,19,20,22). The summed E-state index contributed by atoms with van der Waals surface area (Å²) in [6.07, 6.45) is 3.36. The number of urea groups is 1. The molecule has 0 atom stereocenters. The lowest BCUT2D eigenvalue weighted by Gasteiger charge is -2.19. The van der Waals surface area contributed by atoms with Gasteiger partial charge in [0.25, 0.3) is 0 Å². The zero-order chi connectivity index (χ0) is 15.8. The summed E-state index contributed by atoms with van der Waals surface area (Å²) in [5, 5.41) is 5.51. The third-order valence-electron chi connectivity index (χ3n) is 3.25. The number of pyridine rings is 2. The summed E-state index contributed by atoms with van der Waals surface area (Å²) in [6.45, 7) is 6.37. The molecule has 2 heterocycles. The van der Waals surface area contributed by atoms with Crippen molar-refractivity contribution in [2.24, 2.45) is 0 Å². The highest BCUT2D eigenvalue weighted by atomic mass is 16.2. The zero-order valence-electron chi connectivity index (χ0n) is 12.9. The topological polar surface area (TPSA) is 70.2 Å². The van der Waals surface area contributed by atoms with Crippen molar-refractivity contribution < 1.29 is 4.79 Å². The molecule has 0 saturated heterocycles. The molecule has 0 aliphatic heterocycles. The van der Waals surface area contributed by atoms with Gasteiger partial charge in [-0.1, -0.05) is 6.07 Å². The van der Waals surface area contributed by atoms with Crippen molar-refractivity contribution in [3.05, 3.63) is 48.4 Å². The summed E-state index contributed by atoms with van der Waals surface area (Å²) < 4.78 is 0. The number of nitrogens with zero attached hydrogens (tertiary/aromatic N) is 3. The number of hydrogen-bond donors (Lipinski definition) is 2. The van der Waals surface area contributed by atoms with Crippen LogP contribution < -0.4 is 15.5 Å². The van der Waals surface area contributed by atoms with Crippen LogP contribution >= 0.6 is 0 Å². The Kier molecular flexibility index (Phi) is 5.71. The van der Waals surface area contributed by atoms with Crippen LogP contribution in [0, 0.1) is 0 Å². The summed E-state index contributed by atoms with van der Waals surface area (Å²) in [5.41, 5.74) is 1.47. The lowest BCUT2D eigenvalue weighted by Crippen LogP contribution is -2.28. The molecule has 0 spiro atoms. The molecule has 0 bridgehead atoms. The number of hydrogen-bond acceptors (Lipinski definition) is 4. The largest absolute Gasteiger partial charge is 0.357 e. The molecule has 0 fully saturated rings. The fraction of sp³-hybridized carbons (Fsp3) is 0.312. The Balaban J connectivity index is 1.86. The highest BCUT2D eigenvalue weighted by molar-refractivity contribution is 5.89. The van der Waals surface area contributed by atoms with E-state index in [-0.39, 0.29) is 6.03 Å². The average Bonchev–Trinajstić information content (AvgIpc) is 2.56. The molecule has 0 unspecified atom stereocenters. The van der Waals surface area contributed by atoms with E-state index in [4.69, 9.17) is 0 Å². The van der Waals surface area contributed by atoms with Gasteiger partial charge in [0.15, 0.2) is 0 Å². The molecule has 2 amide bonds. The van der Waals surface area contributed by atoms with Gasteiger partial charge in [0.05, 0.1) is 24.1 Å². The van der Waals surface area contributed by atoms with Crippen molar-refractivity contribution in [1.29, 1.82) is 0 Å². The van der Waals surface area contributed by atoms with Crippen LogP contribution in [-0.4, -0.2) is 29.1 Å². The van der Waals surface area contributed by atoms with Gasteiger partial charge < -0.3 is 15.5 Å². The SMILES string of the molecule is CCN(CC)c1ccc(NC(=O)NCc2ccccn2)cn1. The molecule has 6 heteroatoms. The maximum atomic E-state index is 11.8. The molecule has 0 aliphatic carbocycles. The molecule has 2 rings (SSSR count). The quantitative estimate of drug-likeness (QED) is 0.860. The first-order chi connectivity index (χ1) is 10.7. The van der Waals surface area contributed by atoms with Crippen LogP contribution in [0.3, 0.4) is 0 Å². The Hall–Kier alpha value is -2.63.